The molecule has 0 radical (unpaired) electrons. The van der Waals surface area contributed by atoms with Crippen LogP contribution in [0.4, 0.5) is 0 Å². The molecule has 15 heavy (non-hydrogen) atoms. The molecule has 2 heterocycles. The number of thiazole rings is 1. The van der Waals surface area contributed by atoms with Crippen LogP contribution in [-0.4, -0.2) is 36.1 Å². The number of hydrogen-bond acceptors (Lipinski definition) is 4. The quantitative estimate of drug-likeness (QED) is 0.843. The highest BCUT2D eigenvalue weighted by Crippen LogP contribution is 2.20. The number of nitrogens with zero attached hydrogens (tertiary/aromatic N) is 2. The molecule has 0 bridgehead atoms. The molecule has 1 aliphatic heterocycles. The van der Waals surface area contributed by atoms with Gasteiger partial charge in [-0.05, 0) is 13.3 Å². The highest BCUT2D eigenvalue weighted by atomic mass is 32.1. The Hall–Kier alpha value is -0.450. The molecule has 1 N–H and O–H groups in total. The van der Waals surface area contributed by atoms with E-state index in [9.17, 15) is 0 Å². The van der Waals surface area contributed by atoms with Crippen molar-refractivity contribution in [3.05, 3.63) is 15.6 Å². The standard InChI is InChI=1S/C11H19N3S/c1-3-11-13-9(2)10(15-11)8-14-6-4-12-5-7-14/h12H,3-8H2,1-2H3. The topological polar surface area (TPSA) is 28.2 Å². The van der Waals surface area contributed by atoms with E-state index in [1.807, 2.05) is 11.3 Å². The van der Waals surface area contributed by atoms with Crippen LogP contribution in [0.2, 0.25) is 0 Å². The van der Waals surface area contributed by atoms with Crippen LogP contribution >= 0.6 is 11.3 Å². The van der Waals surface area contributed by atoms with Gasteiger partial charge in [0.25, 0.3) is 0 Å². The van der Waals surface area contributed by atoms with Crippen molar-refractivity contribution in [3.63, 3.8) is 0 Å². The Balaban J connectivity index is 1.99. The van der Waals surface area contributed by atoms with Gasteiger partial charge in [0.1, 0.15) is 0 Å². The fourth-order valence-corrected chi connectivity index (χ4v) is 2.91. The van der Waals surface area contributed by atoms with Crippen molar-refractivity contribution in [2.75, 3.05) is 26.2 Å². The van der Waals surface area contributed by atoms with Crippen LogP contribution in [0.3, 0.4) is 0 Å². The normalized spacial score (nSPS) is 18.3. The average Bonchev–Trinajstić information content (AvgIpc) is 2.61. The van der Waals surface area contributed by atoms with Crippen LogP contribution in [0.1, 0.15) is 22.5 Å². The Morgan fingerprint density at radius 1 is 1.40 bits per heavy atom. The Labute approximate surface area is 95.5 Å². The van der Waals surface area contributed by atoms with E-state index < -0.39 is 0 Å². The number of aromatic nitrogens is 1. The van der Waals surface area contributed by atoms with Crippen LogP contribution in [0.5, 0.6) is 0 Å². The second kappa shape index (κ2) is 5.05. The van der Waals surface area contributed by atoms with Crippen molar-refractivity contribution >= 4 is 11.3 Å². The number of hydrogen-bond donors (Lipinski definition) is 1. The molecule has 1 aromatic heterocycles. The molecule has 0 spiro atoms. The van der Waals surface area contributed by atoms with Gasteiger partial charge in [-0.15, -0.1) is 11.3 Å². The van der Waals surface area contributed by atoms with Crippen LogP contribution in [-0.2, 0) is 13.0 Å². The summed E-state index contributed by atoms with van der Waals surface area (Å²) in [5.74, 6) is 0. The molecule has 84 valence electrons. The van der Waals surface area contributed by atoms with Crippen molar-refractivity contribution in [2.24, 2.45) is 0 Å². The zero-order chi connectivity index (χ0) is 10.7. The SMILES string of the molecule is CCc1nc(C)c(CN2CCNCC2)s1. The fraction of sp³-hybridized carbons (Fsp3) is 0.727. The van der Waals surface area contributed by atoms with E-state index in [0.717, 1.165) is 26.1 Å². The Kier molecular flexibility index (Phi) is 3.72. The second-order valence-electron chi connectivity index (χ2n) is 4.00. The molecule has 1 aromatic rings. The van der Waals surface area contributed by atoms with Crippen molar-refractivity contribution in [1.82, 2.24) is 15.2 Å². The zero-order valence-corrected chi connectivity index (χ0v) is 10.4. The smallest absolute Gasteiger partial charge is 0.0928 e. The fourth-order valence-electron chi connectivity index (χ4n) is 1.86. The van der Waals surface area contributed by atoms with Gasteiger partial charge in [-0.1, -0.05) is 6.92 Å². The minimum atomic E-state index is 1.06. The van der Waals surface area contributed by atoms with Crippen molar-refractivity contribution in [1.29, 1.82) is 0 Å². The third-order valence-electron chi connectivity index (χ3n) is 2.82. The zero-order valence-electron chi connectivity index (χ0n) is 9.55. The van der Waals surface area contributed by atoms with E-state index in [-0.39, 0.29) is 0 Å². The summed E-state index contributed by atoms with van der Waals surface area (Å²) in [6.07, 6.45) is 1.06. The van der Waals surface area contributed by atoms with Crippen molar-refractivity contribution in [2.45, 2.75) is 26.8 Å². The molecule has 4 heteroatoms. The maximum absolute atomic E-state index is 4.57. The van der Waals surface area contributed by atoms with Crippen molar-refractivity contribution < 1.29 is 0 Å². The molecular formula is C11H19N3S. The van der Waals surface area contributed by atoms with E-state index in [2.05, 4.69) is 29.0 Å². The molecule has 2 rings (SSSR count). The largest absolute Gasteiger partial charge is 0.314 e. The number of piperazine rings is 1. The molecule has 1 saturated heterocycles. The molecule has 1 fully saturated rings. The van der Waals surface area contributed by atoms with Crippen LogP contribution in [0, 0.1) is 6.92 Å². The lowest BCUT2D eigenvalue weighted by atomic mass is 10.3. The van der Waals surface area contributed by atoms with Gasteiger partial charge in [-0.3, -0.25) is 4.90 Å². The van der Waals surface area contributed by atoms with Crippen LogP contribution < -0.4 is 5.32 Å². The van der Waals surface area contributed by atoms with Gasteiger partial charge in [-0.25, -0.2) is 4.98 Å². The van der Waals surface area contributed by atoms with Gasteiger partial charge in [0.2, 0.25) is 0 Å². The number of rotatable bonds is 3. The average molecular weight is 225 g/mol. The molecule has 3 nitrogen and oxygen atoms in total. The van der Waals surface area contributed by atoms with E-state index in [4.69, 9.17) is 0 Å². The van der Waals surface area contributed by atoms with Gasteiger partial charge < -0.3 is 5.32 Å². The summed E-state index contributed by atoms with van der Waals surface area (Å²) < 4.78 is 0. The van der Waals surface area contributed by atoms with Gasteiger partial charge in [0, 0.05) is 37.6 Å². The van der Waals surface area contributed by atoms with E-state index in [1.165, 1.54) is 28.7 Å². The molecule has 1 aliphatic rings. The highest BCUT2D eigenvalue weighted by Gasteiger charge is 2.13. The first-order valence-electron chi connectivity index (χ1n) is 5.68. The Bertz CT molecular complexity index is 316. The number of nitrogens with one attached hydrogen (secondary N) is 1. The lowest BCUT2D eigenvalue weighted by Crippen LogP contribution is -2.42. The third-order valence-corrected chi connectivity index (χ3v) is 4.10. The molecule has 0 saturated carbocycles. The van der Waals surface area contributed by atoms with Crippen LogP contribution in [0.15, 0.2) is 0 Å². The summed E-state index contributed by atoms with van der Waals surface area (Å²) in [6.45, 7) is 9.97. The van der Waals surface area contributed by atoms with Gasteiger partial charge in [0.05, 0.1) is 10.7 Å². The predicted octanol–water partition coefficient (Wildman–Crippen LogP) is 1.42. The summed E-state index contributed by atoms with van der Waals surface area (Å²) in [6, 6.07) is 0. The van der Waals surface area contributed by atoms with Gasteiger partial charge in [-0.2, -0.15) is 0 Å². The summed E-state index contributed by atoms with van der Waals surface area (Å²) >= 11 is 1.88. The summed E-state index contributed by atoms with van der Waals surface area (Å²) in [4.78, 5) is 8.53. The minimum Gasteiger partial charge on any atom is -0.314 e. The molecule has 0 aromatic carbocycles. The Morgan fingerprint density at radius 2 is 2.13 bits per heavy atom. The summed E-state index contributed by atoms with van der Waals surface area (Å²) in [5, 5.41) is 4.65. The molecule has 0 aliphatic carbocycles. The first-order chi connectivity index (χ1) is 7.29. The highest BCUT2D eigenvalue weighted by molar-refractivity contribution is 7.11. The lowest BCUT2D eigenvalue weighted by molar-refractivity contribution is 0.234. The van der Waals surface area contributed by atoms with Gasteiger partial charge in [0.15, 0.2) is 0 Å². The predicted molar refractivity (Wildman–Crippen MR) is 64.4 cm³/mol. The summed E-state index contributed by atoms with van der Waals surface area (Å²) in [5.41, 5.74) is 1.23. The molecular weight excluding hydrogens is 206 g/mol. The second-order valence-corrected chi connectivity index (χ2v) is 5.16. The first kappa shape index (κ1) is 11.0. The van der Waals surface area contributed by atoms with Crippen molar-refractivity contribution in [3.8, 4) is 0 Å². The first-order valence-corrected chi connectivity index (χ1v) is 6.49. The van der Waals surface area contributed by atoms with Gasteiger partial charge >= 0.3 is 0 Å². The van der Waals surface area contributed by atoms with Crippen LogP contribution in [0.25, 0.3) is 0 Å². The number of aryl methyl sites for hydroxylation is 2. The monoisotopic (exact) mass is 225 g/mol. The van der Waals surface area contributed by atoms with E-state index in [1.54, 1.807) is 0 Å². The van der Waals surface area contributed by atoms with E-state index in [0.29, 0.717) is 0 Å². The maximum atomic E-state index is 4.57. The lowest BCUT2D eigenvalue weighted by Gasteiger charge is -2.26. The third kappa shape index (κ3) is 2.77. The minimum absolute atomic E-state index is 1.06. The Morgan fingerprint density at radius 3 is 2.73 bits per heavy atom. The molecule has 0 amide bonds. The summed E-state index contributed by atoms with van der Waals surface area (Å²) in [7, 11) is 0. The van der Waals surface area contributed by atoms with E-state index >= 15 is 0 Å². The molecule has 0 unspecified atom stereocenters. The molecule has 0 atom stereocenters. The maximum Gasteiger partial charge on any atom is 0.0928 e.